The lowest BCUT2D eigenvalue weighted by molar-refractivity contribution is 0.182. The first kappa shape index (κ1) is 28.0. The number of unbranched alkanes of at least 4 members (excludes halogenated alkanes) is 1. The molecule has 1 aromatic heterocycles. The van der Waals surface area contributed by atoms with Crippen LogP contribution in [0.25, 0.3) is 10.9 Å². The highest BCUT2D eigenvalue weighted by Gasteiger charge is 2.39. The van der Waals surface area contributed by atoms with Crippen LogP contribution in [0, 0.1) is 0 Å². The number of nitrogens with two attached hydrogens (primary N) is 1. The van der Waals surface area contributed by atoms with Gasteiger partial charge in [0.05, 0.1) is 18.2 Å². The van der Waals surface area contributed by atoms with Crippen molar-refractivity contribution in [3.63, 3.8) is 0 Å². The van der Waals surface area contributed by atoms with Crippen LogP contribution in [0.15, 0.2) is 53.3 Å². The quantitative estimate of drug-likeness (QED) is 0.154. The zero-order valence-electron chi connectivity index (χ0n) is 22.7. The summed E-state index contributed by atoms with van der Waals surface area (Å²) in [6.07, 6.45) is 2.77. The molecule has 0 aliphatic rings. The number of nitrogen functional groups attached to an aromatic ring is 1. The second kappa shape index (κ2) is 12.1. The maximum atomic E-state index is 12.2. The molecule has 3 rings (SSSR count). The van der Waals surface area contributed by atoms with Crippen LogP contribution in [0.5, 0.6) is 5.75 Å². The molecule has 36 heavy (non-hydrogen) atoms. The Hall–Kier alpha value is -2.61. The molecule has 0 amide bonds. The standard InChI is InChI=1S/C29H43N3O3Si/c1-7-8-19-34-25-15-13-23(24-14-16-27(33)32-28(24)25)26(35-36(5,6)29(2,3)4)20-31-18-17-21-9-11-22(30)12-10-21/h9-16,26,31H,7-8,17-20,30H2,1-6H3,(H,32,33)/t26-/m0/s1. The highest BCUT2D eigenvalue weighted by molar-refractivity contribution is 6.74. The maximum Gasteiger partial charge on any atom is 0.248 e. The van der Waals surface area contributed by atoms with Gasteiger partial charge in [0.25, 0.3) is 0 Å². The summed E-state index contributed by atoms with van der Waals surface area (Å²) < 4.78 is 13.0. The average molecular weight is 510 g/mol. The van der Waals surface area contributed by atoms with Crippen molar-refractivity contribution in [2.45, 2.75) is 71.2 Å². The second-order valence-corrected chi connectivity index (χ2v) is 15.8. The van der Waals surface area contributed by atoms with Crippen molar-refractivity contribution in [3.8, 4) is 5.75 Å². The van der Waals surface area contributed by atoms with Gasteiger partial charge in [0.15, 0.2) is 8.32 Å². The highest BCUT2D eigenvalue weighted by atomic mass is 28.4. The maximum absolute atomic E-state index is 12.2. The molecule has 2 aromatic carbocycles. The van der Waals surface area contributed by atoms with Crippen molar-refractivity contribution in [1.29, 1.82) is 0 Å². The molecule has 0 aliphatic carbocycles. The van der Waals surface area contributed by atoms with Crippen molar-refractivity contribution in [1.82, 2.24) is 10.3 Å². The van der Waals surface area contributed by atoms with Crippen LogP contribution < -0.4 is 21.3 Å². The van der Waals surface area contributed by atoms with Gasteiger partial charge in [0.1, 0.15) is 5.75 Å². The topological polar surface area (TPSA) is 89.4 Å². The number of rotatable bonds is 12. The van der Waals surface area contributed by atoms with Crippen LogP contribution in [-0.4, -0.2) is 33.0 Å². The van der Waals surface area contributed by atoms with Crippen LogP contribution in [0.3, 0.4) is 0 Å². The molecule has 0 aliphatic heterocycles. The van der Waals surface area contributed by atoms with Crippen LogP contribution in [0.4, 0.5) is 5.69 Å². The molecular formula is C29H43N3O3Si. The van der Waals surface area contributed by atoms with E-state index >= 15 is 0 Å². The van der Waals surface area contributed by atoms with E-state index in [4.69, 9.17) is 14.9 Å². The molecule has 6 nitrogen and oxygen atoms in total. The molecule has 4 N–H and O–H groups in total. The normalized spacial score (nSPS) is 13.2. The van der Waals surface area contributed by atoms with E-state index in [9.17, 15) is 4.79 Å². The number of nitrogens with one attached hydrogen (secondary N) is 2. The molecule has 1 heterocycles. The minimum absolute atomic E-state index is 0.0720. The molecule has 3 aromatic rings. The molecule has 7 heteroatoms. The number of benzene rings is 2. The summed E-state index contributed by atoms with van der Waals surface area (Å²) in [5.41, 5.74) is 9.51. The fourth-order valence-corrected chi connectivity index (χ4v) is 5.15. The molecule has 0 bridgehead atoms. The van der Waals surface area contributed by atoms with E-state index in [1.54, 1.807) is 6.07 Å². The SMILES string of the molecule is CCCCOc1ccc([C@H](CNCCc2ccc(N)cc2)O[Si](C)(C)C(C)(C)C)c2ccc(=O)[nH]c12. The first-order chi connectivity index (χ1) is 17.0. The fraction of sp³-hybridized carbons (Fsp3) is 0.483. The monoisotopic (exact) mass is 509 g/mol. The zero-order valence-corrected chi connectivity index (χ0v) is 23.7. The van der Waals surface area contributed by atoms with Gasteiger partial charge in [-0.3, -0.25) is 4.79 Å². The van der Waals surface area contributed by atoms with E-state index in [0.29, 0.717) is 18.9 Å². The number of hydrogen-bond acceptors (Lipinski definition) is 5. The Morgan fingerprint density at radius 1 is 1.06 bits per heavy atom. The van der Waals surface area contributed by atoms with E-state index < -0.39 is 8.32 Å². The Labute approximate surface area is 216 Å². The third kappa shape index (κ3) is 7.21. The number of ether oxygens (including phenoxy) is 1. The predicted molar refractivity (Wildman–Crippen MR) is 153 cm³/mol. The van der Waals surface area contributed by atoms with E-state index in [0.717, 1.165) is 48.0 Å². The van der Waals surface area contributed by atoms with E-state index in [1.165, 1.54) is 5.56 Å². The molecule has 0 saturated heterocycles. The number of aromatic nitrogens is 1. The van der Waals surface area contributed by atoms with Crippen LogP contribution in [0.1, 0.15) is 57.8 Å². The fourth-order valence-electron chi connectivity index (χ4n) is 3.87. The molecular weight excluding hydrogens is 466 g/mol. The lowest BCUT2D eigenvalue weighted by Gasteiger charge is -2.39. The highest BCUT2D eigenvalue weighted by Crippen LogP contribution is 2.41. The zero-order chi connectivity index (χ0) is 26.3. The van der Waals surface area contributed by atoms with Crippen LogP contribution in [-0.2, 0) is 10.8 Å². The summed E-state index contributed by atoms with van der Waals surface area (Å²) in [6.45, 7) is 15.6. The summed E-state index contributed by atoms with van der Waals surface area (Å²) in [6, 6.07) is 15.6. The lowest BCUT2D eigenvalue weighted by atomic mass is 10.0. The number of pyridine rings is 1. The van der Waals surface area contributed by atoms with Gasteiger partial charge in [-0.1, -0.05) is 52.3 Å². The van der Waals surface area contributed by atoms with E-state index in [-0.39, 0.29) is 16.7 Å². The van der Waals surface area contributed by atoms with Gasteiger partial charge < -0.3 is 25.2 Å². The average Bonchev–Trinajstić information content (AvgIpc) is 2.81. The van der Waals surface area contributed by atoms with Crippen LogP contribution >= 0.6 is 0 Å². The molecule has 0 spiro atoms. The van der Waals surface area contributed by atoms with E-state index in [2.05, 4.69) is 69.3 Å². The van der Waals surface area contributed by atoms with Crippen molar-refractivity contribution in [3.05, 3.63) is 70.0 Å². The summed E-state index contributed by atoms with van der Waals surface area (Å²) in [4.78, 5) is 15.2. The largest absolute Gasteiger partial charge is 0.491 e. The van der Waals surface area contributed by atoms with Gasteiger partial charge in [-0.25, -0.2) is 0 Å². The molecule has 0 radical (unpaired) electrons. The second-order valence-electron chi connectivity index (χ2n) is 11.0. The smallest absolute Gasteiger partial charge is 0.248 e. The van der Waals surface area contributed by atoms with Crippen LogP contribution in [0.2, 0.25) is 18.1 Å². The van der Waals surface area contributed by atoms with Gasteiger partial charge in [-0.15, -0.1) is 0 Å². The summed E-state index contributed by atoms with van der Waals surface area (Å²) in [5.74, 6) is 0.710. The minimum Gasteiger partial charge on any atom is -0.491 e. The summed E-state index contributed by atoms with van der Waals surface area (Å²) >= 11 is 0. The lowest BCUT2D eigenvalue weighted by Crippen LogP contribution is -2.43. The number of H-pyrrole nitrogens is 1. The third-order valence-corrected chi connectivity index (χ3v) is 11.6. The summed E-state index contributed by atoms with van der Waals surface area (Å²) in [5, 5.41) is 4.65. The van der Waals surface area contributed by atoms with Gasteiger partial charge >= 0.3 is 0 Å². The third-order valence-electron chi connectivity index (χ3n) is 7.14. The number of anilines is 1. The molecule has 0 saturated carbocycles. The van der Waals surface area contributed by atoms with Crippen molar-refractivity contribution in [2.75, 3.05) is 25.4 Å². The Bertz CT molecular complexity index is 1180. The van der Waals surface area contributed by atoms with Crippen molar-refractivity contribution < 1.29 is 9.16 Å². The van der Waals surface area contributed by atoms with Gasteiger partial charge in [0, 0.05) is 23.7 Å². The first-order valence-electron chi connectivity index (χ1n) is 13.0. The Balaban J connectivity index is 1.89. The van der Waals surface area contributed by atoms with Gasteiger partial charge in [0.2, 0.25) is 5.56 Å². The molecule has 0 fully saturated rings. The molecule has 0 unspecified atom stereocenters. The summed E-state index contributed by atoms with van der Waals surface area (Å²) in [7, 11) is -2.08. The van der Waals surface area contributed by atoms with Crippen molar-refractivity contribution >= 4 is 24.9 Å². The number of aromatic amines is 1. The van der Waals surface area contributed by atoms with Gasteiger partial charge in [-0.05, 0) is 72.9 Å². The molecule has 196 valence electrons. The molecule has 1 atom stereocenters. The minimum atomic E-state index is -2.08. The number of hydrogen-bond donors (Lipinski definition) is 3. The Morgan fingerprint density at radius 3 is 2.44 bits per heavy atom. The predicted octanol–water partition coefficient (Wildman–Crippen LogP) is 6.18. The van der Waals surface area contributed by atoms with Gasteiger partial charge in [-0.2, -0.15) is 0 Å². The van der Waals surface area contributed by atoms with E-state index in [1.807, 2.05) is 24.3 Å². The number of fused-ring (bicyclic) bond motifs is 1. The first-order valence-corrected chi connectivity index (χ1v) is 15.9. The Morgan fingerprint density at radius 2 is 1.78 bits per heavy atom. The Kier molecular flexibility index (Phi) is 9.39. The van der Waals surface area contributed by atoms with Crippen molar-refractivity contribution in [2.24, 2.45) is 0 Å².